The van der Waals surface area contributed by atoms with Crippen LogP contribution < -0.4 is 0 Å². The van der Waals surface area contributed by atoms with Crippen molar-refractivity contribution >= 4 is 11.6 Å². The lowest BCUT2D eigenvalue weighted by Crippen LogP contribution is -1.64. The van der Waals surface area contributed by atoms with Crippen molar-refractivity contribution < 1.29 is 0 Å². The van der Waals surface area contributed by atoms with Crippen LogP contribution in [0.5, 0.6) is 0 Å². The summed E-state index contributed by atoms with van der Waals surface area (Å²) in [4.78, 5) is 0. The second kappa shape index (κ2) is 5.90. The molecule has 0 bridgehead atoms. The van der Waals surface area contributed by atoms with Crippen LogP contribution in [0.25, 0.3) is 0 Å². The zero-order valence-electron chi connectivity index (χ0n) is 6.02. The van der Waals surface area contributed by atoms with E-state index < -0.39 is 0 Å². The van der Waals surface area contributed by atoms with E-state index in [9.17, 15) is 0 Å². The summed E-state index contributed by atoms with van der Waals surface area (Å²) in [5.41, 5.74) is 0. The molecule has 1 heteroatoms. The summed E-state index contributed by atoms with van der Waals surface area (Å²) in [6, 6.07) is 0. The number of halogens is 1. The van der Waals surface area contributed by atoms with Crippen molar-refractivity contribution in [3.63, 3.8) is 0 Å². The highest BCUT2D eigenvalue weighted by Crippen LogP contribution is 2.05. The van der Waals surface area contributed by atoms with Gasteiger partial charge in [0.05, 0.1) is 0 Å². The third-order valence-electron chi connectivity index (χ3n) is 0.954. The molecule has 0 aliphatic heterocycles. The van der Waals surface area contributed by atoms with E-state index in [2.05, 4.69) is 6.92 Å². The summed E-state index contributed by atoms with van der Waals surface area (Å²) in [6.45, 7) is 4.10. The summed E-state index contributed by atoms with van der Waals surface area (Å²) >= 11 is 5.73. The van der Waals surface area contributed by atoms with Crippen molar-refractivity contribution in [1.82, 2.24) is 0 Å². The highest BCUT2D eigenvalue weighted by molar-refractivity contribution is 6.31. The quantitative estimate of drug-likeness (QED) is 0.532. The van der Waals surface area contributed by atoms with Crippen LogP contribution >= 0.6 is 11.6 Å². The third kappa shape index (κ3) is 5.64. The van der Waals surface area contributed by atoms with Gasteiger partial charge in [-0.25, -0.2) is 0 Å². The molecule has 0 radical (unpaired) electrons. The molecule has 0 N–H and O–H groups in total. The van der Waals surface area contributed by atoms with Gasteiger partial charge in [0, 0.05) is 5.03 Å². The molecule has 0 nitrogen and oxygen atoms in total. The van der Waals surface area contributed by atoms with E-state index in [-0.39, 0.29) is 0 Å². The van der Waals surface area contributed by atoms with Crippen LogP contribution in [0, 0.1) is 0 Å². The smallest absolute Gasteiger partial charge is 0.0362 e. The summed E-state index contributed by atoms with van der Waals surface area (Å²) < 4.78 is 0. The maximum absolute atomic E-state index is 5.73. The molecule has 0 saturated heterocycles. The second-order valence-corrected chi connectivity index (χ2v) is 2.31. The minimum atomic E-state index is 0.847. The molecular weight excluding hydrogens is 132 g/mol. The molecule has 0 unspecified atom stereocenters. The molecule has 0 amide bonds. The summed E-state index contributed by atoms with van der Waals surface area (Å²) in [5.74, 6) is 0. The van der Waals surface area contributed by atoms with Crippen molar-refractivity contribution in [2.45, 2.75) is 26.7 Å². The molecule has 0 aliphatic carbocycles. The van der Waals surface area contributed by atoms with E-state index in [0.29, 0.717) is 0 Å². The molecule has 52 valence electrons. The van der Waals surface area contributed by atoms with E-state index >= 15 is 0 Å². The first kappa shape index (κ1) is 8.77. The first-order valence-corrected chi connectivity index (χ1v) is 3.67. The molecule has 0 atom stereocenters. The predicted molar refractivity (Wildman–Crippen MR) is 43.7 cm³/mol. The van der Waals surface area contributed by atoms with Crippen molar-refractivity contribution in [1.29, 1.82) is 0 Å². The molecule has 0 saturated carbocycles. The van der Waals surface area contributed by atoms with Gasteiger partial charge in [0.15, 0.2) is 0 Å². The first-order chi connectivity index (χ1) is 4.31. The highest BCUT2D eigenvalue weighted by Gasteiger charge is 1.80. The number of hydrogen-bond acceptors (Lipinski definition) is 0. The maximum Gasteiger partial charge on any atom is 0.0362 e. The lowest BCUT2D eigenvalue weighted by atomic mass is 10.3. The molecule has 0 rings (SSSR count). The molecule has 0 aromatic rings. The molecule has 0 aromatic heterocycles. The zero-order chi connectivity index (χ0) is 7.11. The number of allylic oxidation sites excluding steroid dienone is 4. The Hall–Kier alpha value is -0.230. The average Bonchev–Trinajstić information content (AvgIpc) is 1.85. The first-order valence-electron chi connectivity index (χ1n) is 3.29. The lowest BCUT2D eigenvalue weighted by Gasteiger charge is -1.86. The van der Waals surface area contributed by atoms with Gasteiger partial charge in [-0.3, -0.25) is 0 Å². The normalized spacial score (nSPS) is 13.0. The Morgan fingerprint density at radius 1 is 1.56 bits per heavy atom. The van der Waals surface area contributed by atoms with Crippen molar-refractivity contribution in [2.75, 3.05) is 0 Å². The fraction of sp³-hybridized carbons (Fsp3) is 0.500. The maximum atomic E-state index is 5.73. The molecule has 0 aromatic carbocycles. The fourth-order valence-electron chi connectivity index (χ4n) is 0.509. The highest BCUT2D eigenvalue weighted by atomic mass is 35.5. The van der Waals surface area contributed by atoms with Gasteiger partial charge in [-0.05, 0) is 19.4 Å². The Morgan fingerprint density at radius 2 is 2.22 bits per heavy atom. The van der Waals surface area contributed by atoms with Gasteiger partial charge in [-0.15, -0.1) is 0 Å². The van der Waals surface area contributed by atoms with Crippen LogP contribution in [0.3, 0.4) is 0 Å². The summed E-state index contributed by atoms with van der Waals surface area (Å²) in [7, 11) is 0. The van der Waals surface area contributed by atoms with Crippen LogP contribution in [0.1, 0.15) is 26.7 Å². The van der Waals surface area contributed by atoms with E-state index in [1.54, 1.807) is 0 Å². The Morgan fingerprint density at radius 3 is 2.67 bits per heavy atom. The van der Waals surface area contributed by atoms with Crippen LogP contribution in [0.15, 0.2) is 23.3 Å². The summed E-state index contributed by atoms with van der Waals surface area (Å²) in [6.07, 6.45) is 8.10. The Balaban J connectivity index is 3.55. The minimum absolute atomic E-state index is 0.847. The minimum Gasteiger partial charge on any atom is -0.0862 e. The van der Waals surface area contributed by atoms with Crippen molar-refractivity contribution in [3.05, 3.63) is 23.3 Å². The molecule has 9 heavy (non-hydrogen) atoms. The zero-order valence-corrected chi connectivity index (χ0v) is 6.78. The number of rotatable bonds is 3. The topological polar surface area (TPSA) is 0 Å². The van der Waals surface area contributed by atoms with Gasteiger partial charge >= 0.3 is 0 Å². The molecule has 0 aliphatic rings. The SMILES string of the molecule is CC=CC(Cl)=CCCC. The monoisotopic (exact) mass is 144 g/mol. The van der Waals surface area contributed by atoms with E-state index in [4.69, 9.17) is 11.6 Å². The standard InChI is InChI=1S/C8H13Cl/c1-3-5-7-8(9)6-4-2/h4,6-7H,3,5H2,1-2H3. The van der Waals surface area contributed by atoms with Gasteiger partial charge in [-0.1, -0.05) is 37.1 Å². The Kier molecular flexibility index (Phi) is 5.75. The largest absolute Gasteiger partial charge is 0.0862 e. The van der Waals surface area contributed by atoms with Gasteiger partial charge in [-0.2, -0.15) is 0 Å². The van der Waals surface area contributed by atoms with E-state index in [1.165, 1.54) is 0 Å². The second-order valence-electron chi connectivity index (χ2n) is 1.88. The fourth-order valence-corrected chi connectivity index (χ4v) is 0.745. The van der Waals surface area contributed by atoms with Crippen LogP contribution in [-0.4, -0.2) is 0 Å². The van der Waals surface area contributed by atoms with Gasteiger partial charge in [0.1, 0.15) is 0 Å². The Bertz CT molecular complexity index is 112. The van der Waals surface area contributed by atoms with Gasteiger partial charge in [0.2, 0.25) is 0 Å². The number of hydrogen-bond donors (Lipinski definition) is 0. The predicted octanol–water partition coefficient (Wildman–Crippen LogP) is 3.49. The molecule has 0 heterocycles. The summed E-state index contributed by atoms with van der Waals surface area (Å²) in [5, 5.41) is 0.847. The van der Waals surface area contributed by atoms with Gasteiger partial charge < -0.3 is 0 Å². The molecule has 0 spiro atoms. The van der Waals surface area contributed by atoms with Crippen LogP contribution in [0.2, 0.25) is 0 Å². The van der Waals surface area contributed by atoms with Crippen molar-refractivity contribution in [3.8, 4) is 0 Å². The van der Waals surface area contributed by atoms with Gasteiger partial charge in [0.25, 0.3) is 0 Å². The van der Waals surface area contributed by atoms with Crippen LogP contribution in [-0.2, 0) is 0 Å². The average molecular weight is 145 g/mol. The number of unbranched alkanes of at least 4 members (excludes halogenated alkanes) is 1. The van der Waals surface area contributed by atoms with Crippen LogP contribution in [0.4, 0.5) is 0 Å². The molecular formula is C8H13Cl. The lowest BCUT2D eigenvalue weighted by molar-refractivity contribution is 0.957. The van der Waals surface area contributed by atoms with E-state index in [1.807, 2.05) is 25.2 Å². The Labute approximate surface area is 62.2 Å². The van der Waals surface area contributed by atoms with Crippen molar-refractivity contribution in [2.24, 2.45) is 0 Å². The third-order valence-corrected chi connectivity index (χ3v) is 1.23. The molecule has 0 fully saturated rings. The van der Waals surface area contributed by atoms with E-state index in [0.717, 1.165) is 17.9 Å².